The SMILES string of the molecule is Cc1nc(NCCN(C)C)cc(C(=O)Nc2ccccc2Oc2ccccc2)n1. The van der Waals surface area contributed by atoms with Gasteiger partial charge in [0.25, 0.3) is 5.91 Å². The van der Waals surface area contributed by atoms with Crippen molar-refractivity contribution in [3.63, 3.8) is 0 Å². The van der Waals surface area contributed by atoms with Crippen LogP contribution in [0.2, 0.25) is 0 Å². The molecule has 0 spiro atoms. The van der Waals surface area contributed by atoms with Gasteiger partial charge in [-0.05, 0) is 45.3 Å². The van der Waals surface area contributed by atoms with Crippen LogP contribution in [0.25, 0.3) is 0 Å². The van der Waals surface area contributed by atoms with Crippen LogP contribution in [0.1, 0.15) is 16.3 Å². The summed E-state index contributed by atoms with van der Waals surface area (Å²) in [6.07, 6.45) is 0. The summed E-state index contributed by atoms with van der Waals surface area (Å²) in [5.74, 6) is 2.08. The molecule has 0 fully saturated rings. The lowest BCUT2D eigenvalue weighted by Gasteiger charge is -2.13. The number of rotatable bonds is 8. The fourth-order valence-corrected chi connectivity index (χ4v) is 2.64. The Balaban J connectivity index is 1.74. The van der Waals surface area contributed by atoms with Crippen LogP contribution in [-0.2, 0) is 0 Å². The second-order valence-electron chi connectivity index (χ2n) is 6.78. The summed E-state index contributed by atoms with van der Waals surface area (Å²) in [5.41, 5.74) is 0.860. The quantitative estimate of drug-likeness (QED) is 0.608. The molecule has 2 aromatic carbocycles. The molecule has 1 aromatic heterocycles. The van der Waals surface area contributed by atoms with Crippen LogP contribution in [0.5, 0.6) is 11.5 Å². The molecule has 2 N–H and O–H groups in total. The zero-order valence-corrected chi connectivity index (χ0v) is 16.8. The van der Waals surface area contributed by atoms with Crippen molar-refractivity contribution in [1.82, 2.24) is 14.9 Å². The number of carbonyl (C=O) groups excluding carboxylic acids is 1. The summed E-state index contributed by atoms with van der Waals surface area (Å²) in [6.45, 7) is 3.34. The molecule has 0 atom stereocenters. The Morgan fingerprint density at radius 3 is 2.52 bits per heavy atom. The van der Waals surface area contributed by atoms with Crippen molar-refractivity contribution in [1.29, 1.82) is 0 Å². The van der Waals surface area contributed by atoms with E-state index in [1.807, 2.05) is 62.6 Å². The standard InChI is InChI=1S/C22H25N5O2/c1-16-24-19(15-21(25-16)23-13-14-27(2)3)22(28)26-18-11-7-8-12-20(18)29-17-9-5-4-6-10-17/h4-12,15H,13-14H2,1-3H3,(H,26,28)(H,23,24,25). The number of anilines is 2. The van der Waals surface area contributed by atoms with Gasteiger partial charge >= 0.3 is 0 Å². The zero-order valence-electron chi connectivity index (χ0n) is 16.8. The molecular formula is C22H25N5O2. The highest BCUT2D eigenvalue weighted by Crippen LogP contribution is 2.29. The number of carbonyl (C=O) groups is 1. The Morgan fingerprint density at radius 2 is 1.76 bits per heavy atom. The van der Waals surface area contributed by atoms with Gasteiger partial charge in [0.15, 0.2) is 5.75 Å². The zero-order chi connectivity index (χ0) is 20.6. The van der Waals surface area contributed by atoms with Gasteiger partial charge in [-0.2, -0.15) is 0 Å². The third-order valence-electron chi connectivity index (χ3n) is 4.04. The largest absolute Gasteiger partial charge is 0.455 e. The van der Waals surface area contributed by atoms with Gasteiger partial charge in [-0.15, -0.1) is 0 Å². The lowest BCUT2D eigenvalue weighted by Crippen LogP contribution is -2.22. The first-order valence-corrected chi connectivity index (χ1v) is 9.39. The summed E-state index contributed by atoms with van der Waals surface area (Å²) >= 11 is 0. The second kappa shape index (κ2) is 9.66. The molecule has 0 aliphatic rings. The van der Waals surface area contributed by atoms with Gasteiger partial charge in [0.2, 0.25) is 0 Å². The number of benzene rings is 2. The third kappa shape index (κ3) is 6.02. The molecule has 7 nitrogen and oxygen atoms in total. The van der Waals surface area contributed by atoms with E-state index in [4.69, 9.17) is 4.74 Å². The average Bonchev–Trinajstić information content (AvgIpc) is 2.69. The normalized spacial score (nSPS) is 10.6. The predicted octanol–water partition coefficient (Wildman–Crippen LogP) is 3.80. The van der Waals surface area contributed by atoms with E-state index in [9.17, 15) is 4.79 Å². The first-order valence-electron chi connectivity index (χ1n) is 9.39. The summed E-state index contributed by atoms with van der Waals surface area (Å²) in [7, 11) is 4.00. The maximum absolute atomic E-state index is 12.8. The minimum Gasteiger partial charge on any atom is -0.455 e. The fourth-order valence-electron chi connectivity index (χ4n) is 2.64. The van der Waals surface area contributed by atoms with Gasteiger partial charge in [-0.3, -0.25) is 4.79 Å². The third-order valence-corrected chi connectivity index (χ3v) is 4.04. The van der Waals surface area contributed by atoms with Gasteiger partial charge in [0.05, 0.1) is 5.69 Å². The van der Waals surface area contributed by atoms with E-state index in [0.29, 0.717) is 34.5 Å². The Bertz CT molecular complexity index is 960. The lowest BCUT2D eigenvalue weighted by molar-refractivity contribution is 0.102. The first-order chi connectivity index (χ1) is 14.0. The molecule has 0 saturated heterocycles. The number of para-hydroxylation sites is 3. The fraction of sp³-hybridized carbons (Fsp3) is 0.227. The van der Waals surface area contributed by atoms with E-state index in [1.54, 1.807) is 19.1 Å². The minimum atomic E-state index is -0.324. The van der Waals surface area contributed by atoms with Crippen molar-refractivity contribution in [2.75, 3.05) is 37.8 Å². The van der Waals surface area contributed by atoms with E-state index in [2.05, 4.69) is 25.5 Å². The van der Waals surface area contributed by atoms with Crippen LogP contribution in [0, 0.1) is 6.92 Å². The number of likely N-dealkylation sites (N-methyl/N-ethyl adjacent to an activating group) is 1. The number of nitrogens with zero attached hydrogens (tertiary/aromatic N) is 3. The smallest absolute Gasteiger partial charge is 0.274 e. The Kier molecular flexibility index (Phi) is 6.76. The summed E-state index contributed by atoms with van der Waals surface area (Å²) < 4.78 is 5.90. The van der Waals surface area contributed by atoms with Crippen molar-refractivity contribution < 1.29 is 9.53 Å². The lowest BCUT2D eigenvalue weighted by atomic mass is 10.2. The van der Waals surface area contributed by atoms with Crippen molar-refractivity contribution in [2.45, 2.75) is 6.92 Å². The maximum atomic E-state index is 12.8. The molecule has 1 amide bonds. The van der Waals surface area contributed by atoms with Crippen LogP contribution >= 0.6 is 0 Å². The topological polar surface area (TPSA) is 79.4 Å². The Morgan fingerprint density at radius 1 is 1.03 bits per heavy atom. The van der Waals surface area contributed by atoms with E-state index >= 15 is 0 Å². The molecule has 0 unspecified atom stereocenters. The average molecular weight is 391 g/mol. The molecule has 0 radical (unpaired) electrons. The van der Waals surface area contributed by atoms with Crippen LogP contribution < -0.4 is 15.4 Å². The molecule has 3 rings (SSSR count). The Labute approximate surface area is 170 Å². The van der Waals surface area contributed by atoms with E-state index in [1.165, 1.54) is 0 Å². The Hall–Kier alpha value is -3.45. The molecule has 0 bridgehead atoms. The van der Waals surface area contributed by atoms with Crippen molar-refractivity contribution in [2.24, 2.45) is 0 Å². The number of hydrogen-bond acceptors (Lipinski definition) is 6. The van der Waals surface area contributed by atoms with E-state index in [0.717, 1.165) is 13.1 Å². The monoisotopic (exact) mass is 391 g/mol. The summed E-state index contributed by atoms with van der Waals surface area (Å²) in [4.78, 5) is 23.5. The van der Waals surface area contributed by atoms with Gasteiger partial charge < -0.3 is 20.3 Å². The highest BCUT2D eigenvalue weighted by molar-refractivity contribution is 6.04. The van der Waals surface area contributed by atoms with Crippen LogP contribution in [-0.4, -0.2) is 48.0 Å². The van der Waals surface area contributed by atoms with Gasteiger partial charge in [-0.25, -0.2) is 9.97 Å². The number of aryl methyl sites for hydroxylation is 1. The highest BCUT2D eigenvalue weighted by atomic mass is 16.5. The molecule has 1 heterocycles. The van der Waals surface area contributed by atoms with E-state index in [-0.39, 0.29) is 5.91 Å². The molecular weight excluding hydrogens is 366 g/mol. The van der Waals surface area contributed by atoms with Crippen molar-refractivity contribution in [3.05, 3.63) is 72.2 Å². The molecule has 150 valence electrons. The highest BCUT2D eigenvalue weighted by Gasteiger charge is 2.14. The number of aromatic nitrogens is 2. The maximum Gasteiger partial charge on any atom is 0.274 e. The second-order valence-corrected chi connectivity index (χ2v) is 6.78. The minimum absolute atomic E-state index is 0.291. The van der Waals surface area contributed by atoms with Gasteiger partial charge in [0.1, 0.15) is 23.1 Å². The van der Waals surface area contributed by atoms with Crippen molar-refractivity contribution in [3.8, 4) is 11.5 Å². The van der Waals surface area contributed by atoms with Crippen molar-refractivity contribution >= 4 is 17.4 Å². The molecule has 0 saturated carbocycles. The molecule has 29 heavy (non-hydrogen) atoms. The number of nitrogens with one attached hydrogen (secondary N) is 2. The van der Waals surface area contributed by atoms with E-state index < -0.39 is 0 Å². The number of ether oxygens (including phenoxy) is 1. The summed E-state index contributed by atoms with van der Waals surface area (Å²) in [6, 6.07) is 18.4. The van der Waals surface area contributed by atoms with Crippen LogP contribution in [0.15, 0.2) is 60.7 Å². The van der Waals surface area contributed by atoms with Gasteiger partial charge in [-0.1, -0.05) is 30.3 Å². The predicted molar refractivity (Wildman–Crippen MR) is 115 cm³/mol. The molecule has 3 aromatic rings. The molecule has 0 aliphatic heterocycles. The molecule has 0 aliphatic carbocycles. The number of hydrogen-bond donors (Lipinski definition) is 2. The van der Waals surface area contributed by atoms with Crippen LogP contribution in [0.4, 0.5) is 11.5 Å². The number of amides is 1. The van der Waals surface area contributed by atoms with Crippen LogP contribution in [0.3, 0.4) is 0 Å². The summed E-state index contributed by atoms with van der Waals surface area (Å²) in [5, 5.41) is 6.11. The molecule has 7 heteroatoms. The van der Waals surface area contributed by atoms with Gasteiger partial charge in [0, 0.05) is 19.2 Å². The first kappa shape index (κ1) is 20.3.